The van der Waals surface area contributed by atoms with Crippen molar-refractivity contribution in [3.8, 4) is 5.75 Å². The molecule has 0 aliphatic rings. The van der Waals surface area contributed by atoms with Crippen molar-refractivity contribution in [1.82, 2.24) is 15.3 Å². The summed E-state index contributed by atoms with van der Waals surface area (Å²) in [6.07, 6.45) is 0. The van der Waals surface area contributed by atoms with Crippen LogP contribution in [0.15, 0.2) is 48.5 Å². The zero-order valence-corrected chi connectivity index (χ0v) is 14.7. The number of benzene rings is 2. The number of aromatic amines is 1. The minimum absolute atomic E-state index is 0.0222. The number of amides is 1. The molecule has 0 radical (unpaired) electrons. The van der Waals surface area contributed by atoms with Crippen molar-refractivity contribution in [2.24, 2.45) is 0 Å². The van der Waals surface area contributed by atoms with Gasteiger partial charge in [-0.3, -0.25) is 4.79 Å². The van der Waals surface area contributed by atoms with Gasteiger partial charge >= 0.3 is 0 Å². The molecule has 0 fully saturated rings. The number of carbonyl (C=O) groups is 1. The highest BCUT2D eigenvalue weighted by Crippen LogP contribution is 2.19. The number of imidazole rings is 1. The van der Waals surface area contributed by atoms with Crippen LogP contribution < -0.4 is 10.1 Å². The molecule has 1 unspecified atom stereocenters. The number of rotatable bonds is 6. The van der Waals surface area contributed by atoms with Crippen LogP contribution in [0.1, 0.15) is 44.1 Å². The molecule has 0 bridgehead atoms. The van der Waals surface area contributed by atoms with Gasteiger partial charge in [-0.1, -0.05) is 38.1 Å². The first kappa shape index (κ1) is 17.0. The Bertz CT molecular complexity index is 820. The van der Waals surface area contributed by atoms with E-state index in [-0.39, 0.29) is 18.6 Å². The van der Waals surface area contributed by atoms with E-state index < -0.39 is 0 Å². The summed E-state index contributed by atoms with van der Waals surface area (Å²) in [4.78, 5) is 19.8. The van der Waals surface area contributed by atoms with E-state index >= 15 is 0 Å². The third-order valence-corrected chi connectivity index (χ3v) is 4.11. The topological polar surface area (TPSA) is 67.0 Å². The maximum Gasteiger partial charge on any atom is 0.258 e. The molecule has 5 heteroatoms. The summed E-state index contributed by atoms with van der Waals surface area (Å²) in [6, 6.07) is 15.4. The number of H-pyrrole nitrogens is 1. The fraction of sp³-hybridized carbons (Fsp3) is 0.300. The van der Waals surface area contributed by atoms with Gasteiger partial charge in [0, 0.05) is 0 Å². The summed E-state index contributed by atoms with van der Waals surface area (Å²) in [6.45, 7) is 6.16. The van der Waals surface area contributed by atoms with Gasteiger partial charge < -0.3 is 15.0 Å². The van der Waals surface area contributed by atoms with Crippen LogP contribution in [-0.4, -0.2) is 22.5 Å². The van der Waals surface area contributed by atoms with Crippen LogP contribution in [0.5, 0.6) is 5.75 Å². The molecule has 1 heterocycles. The average molecular weight is 337 g/mol. The molecule has 0 aliphatic heterocycles. The second kappa shape index (κ2) is 7.38. The Morgan fingerprint density at radius 2 is 1.84 bits per heavy atom. The number of carbonyl (C=O) groups excluding carboxylic acids is 1. The lowest BCUT2D eigenvalue weighted by molar-refractivity contribution is -0.123. The quantitative estimate of drug-likeness (QED) is 0.716. The highest BCUT2D eigenvalue weighted by Gasteiger charge is 2.14. The van der Waals surface area contributed by atoms with Crippen molar-refractivity contribution < 1.29 is 9.53 Å². The van der Waals surface area contributed by atoms with Crippen molar-refractivity contribution in [2.75, 3.05) is 6.61 Å². The molecule has 3 aromatic rings. The second-order valence-electron chi connectivity index (χ2n) is 6.44. The van der Waals surface area contributed by atoms with Gasteiger partial charge in [-0.25, -0.2) is 4.98 Å². The van der Waals surface area contributed by atoms with Crippen LogP contribution in [0.3, 0.4) is 0 Å². The lowest BCUT2D eigenvalue weighted by atomic mass is 10.0. The highest BCUT2D eigenvalue weighted by atomic mass is 16.5. The Morgan fingerprint density at radius 1 is 1.12 bits per heavy atom. The van der Waals surface area contributed by atoms with Gasteiger partial charge in [0.2, 0.25) is 0 Å². The average Bonchev–Trinajstić information content (AvgIpc) is 3.04. The molecule has 130 valence electrons. The number of ether oxygens (including phenoxy) is 1. The van der Waals surface area contributed by atoms with Gasteiger partial charge in [0.15, 0.2) is 6.61 Å². The third kappa shape index (κ3) is 4.18. The van der Waals surface area contributed by atoms with Crippen molar-refractivity contribution >= 4 is 16.9 Å². The molecule has 1 atom stereocenters. The first-order valence-electron chi connectivity index (χ1n) is 8.49. The molecule has 2 N–H and O–H groups in total. The lowest BCUT2D eigenvalue weighted by Gasteiger charge is -2.12. The molecule has 0 aliphatic carbocycles. The smallest absolute Gasteiger partial charge is 0.258 e. The summed E-state index contributed by atoms with van der Waals surface area (Å²) < 4.78 is 5.56. The first-order valence-corrected chi connectivity index (χ1v) is 8.49. The van der Waals surface area contributed by atoms with E-state index in [9.17, 15) is 4.79 Å². The van der Waals surface area contributed by atoms with E-state index in [1.54, 1.807) is 0 Å². The van der Waals surface area contributed by atoms with E-state index in [1.807, 2.05) is 55.5 Å². The highest BCUT2D eigenvalue weighted by molar-refractivity contribution is 5.78. The maximum absolute atomic E-state index is 12.1. The zero-order valence-electron chi connectivity index (χ0n) is 14.7. The van der Waals surface area contributed by atoms with Gasteiger partial charge in [0.05, 0.1) is 17.1 Å². The number of para-hydroxylation sites is 2. The Morgan fingerprint density at radius 3 is 2.52 bits per heavy atom. The van der Waals surface area contributed by atoms with Crippen LogP contribution in [-0.2, 0) is 4.79 Å². The number of hydrogen-bond acceptors (Lipinski definition) is 3. The fourth-order valence-electron chi connectivity index (χ4n) is 2.63. The van der Waals surface area contributed by atoms with Gasteiger partial charge in [-0.15, -0.1) is 0 Å². The van der Waals surface area contributed by atoms with Gasteiger partial charge in [-0.2, -0.15) is 0 Å². The van der Waals surface area contributed by atoms with Gasteiger partial charge in [-0.05, 0) is 42.7 Å². The molecular formula is C20H23N3O2. The predicted molar refractivity (Wildman–Crippen MR) is 98.7 cm³/mol. The monoisotopic (exact) mass is 337 g/mol. The summed E-state index contributed by atoms with van der Waals surface area (Å²) in [5.41, 5.74) is 3.09. The normalized spacial score (nSPS) is 12.3. The lowest BCUT2D eigenvalue weighted by Crippen LogP contribution is -2.31. The Hall–Kier alpha value is -2.82. The molecule has 25 heavy (non-hydrogen) atoms. The SMILES string of the molecule is CC(C)c1ccc(OCC(=O)NC(C)c2nc3ccccc3[nH]2)cc1. The molecule has 2 aromatic carbocycles. The Labute approximate surface area is 147 Å². The first-order chi connectivity index (χ1) is 12.0. The number of fused-ring (bicyclic) bond motifs is 1. The number of nitrogens with one attached hydrogen (secondary N) is 2. The second-order valence-corrected chi connectivity index (χ2v) is 6.44. The standard InChI is InChI=1S/C20H23N3O2/c1-13(2)15-8-10-16(11-9-15)25-12-19(24)21-14(3)20-22-17-6-4-5-7-18(17)23-20/h4-11,13-14H,12H2,1-3H3,(H,21,24)(H,22,23). The summed E-state index contributed by atoms with van der Waals surface area (Å²) in [7, 11) is 0. The molecule has 5 nitrogen and oxygen atoms in total. The largest absolute Gasteiger partial charge is 0.484 e. The van der Waals surface area contributed by atoms with Crippen molar-refractivity contribution in [3.63, 3.8) is 0 Å². The van der Waals surface area contributed by atoms with E-state index in [2.05, 4.69) is 29.1 Å². The molecule has 1 aromatic heterocycles. The molecule has 0 saturated carbocycles. The molecule has 0 spiro atoms. The Kier molecular flexibility index (Phi) is 5.03. The maximum atomic E-state index is 12.1. The van der Waals surface area contributed by atoms with Crippen molar-refractivity contribution in [3.05, 3.63) is 59.9 Å². The van der Waals surface area contributed by atoms with Gasteiger partial charge in [0.1, 0.15) is 11.6 Å². The molecule has 1 amide bonds. The summed E-state index contributed by atoms with van der Waals surface area (Å²) >= 11 is 0. The van der Waals surface area contributed by atoms with Crippen LogP contribution in [0.2, 0.25) is 0 Å². The van der Waals surface area contributed by atoms with E-state index in [0.717, 1.165) is 16.9 Å². The minimum atomic E-state index is -0.216. The summed E-state index contributed by atoms with van der Waals surface area (Å²) in [5.74, 6) is 1.72. The van der Waals surface area contributed by atoms with Crippen molar-refractivity contribution in [1.29, 1.82) is 0 Å². The number of nitrogens with zero attached hydrogens (tertiary/aromatic N) is 1. The van der Waals surface area contributed by atoms with Crippen LogP contribution in [0.25, 0.3) is 11.0 Å². The van der Waals surface area contributed by atoms with Crippen LogP contribution in [0, 0.1) is 0 Å². The third-order valence-electron chi connectivity index (χ3n) is 4.11. The number of aromatic nitrogens is 2. The fourth-order valence-corrected chi connectivity index (χ4v) is 2.63. The Balaban J connectivity index is 1.54. The van der Waals surface area contributed by atoms with E-state index in [4.69, 9.17) is 4.74 Å². The molecule has 3 rings (SSSR count). The van der Waals surface area contributed by atoms with E-state index in [0.29, 0.717) is 11.7 Å². The molecule has 0 saturated heterocycles. The number of hydrogen-bond donors (Lipinski definition) is 2. The minimum Gasteiger partial charge on any atom is -0.484 e. The van der Waals surface area contributed by atoms with Crippen molar-refractivity contribution in [2.45, 2.75) is 32.7 Å². The predicted octanol–water partition coefficient (Wildman–Crippen LogP) is 3.94. The van der Waals surface area contributed by atoms with E-state index in [1.165, 1.54) is 5.56 Å². The van der Waals surface area contributed by atoms with Gasteiger partial charge in [0.25, 0.3) is 5.91 Å². The molecular weight excluding hydrogens is 314 g/mol. The van der Waals surface area contributed by atoms with Crippen LogP contribution >= 0.6 is 0 Å². The summed E-state index contributed by atoms with van der Waals surface area (Å²) in [5, 5.41) is 2.90. The zero-order chi connectivity index (χ0) is 17.8. The van der Waals surface area contributed by atoms with Crippen LogP contribution in [0.4, 0.5) is 0 Å².